The highest BCUT2D eigenvalue weighted by molar-refractivity contribution is 5.94. The summed E-state index contributed by atoms with van der Waals surface area (Å²) in [6.45, 7) is 7.66. The number of aryl methyl sites for hydroxylation is 3. The number of nitrogens with zero attached hydrogens (tertiary/aromatic N) is 4. The molecule has 0 aliphatic rings. The normalized spacial score (nSPS) is 11.0. The summed E-state index contributed by atoms with van der Waals surface area (Å²) in [5, 5.41) is 8.98. The molecule has 0 bridgehead atoms. The molecule has 3 heterocycles. The van der Waals surface area contributed by atoms with Crippen LogP contribution in [-0.4, -0.2) is 19.9 Å². The van der Waals surface area contributed by atoms with Gasteiger partial charge in [-0.3, -0.25) is 4.98 Å². The highest BCUT2D eigenvalue weighted by Gasteiger charge is 2.10. The van der Waals surface area contributed by atoms with E-state index in [1.54, 1.807) is 12.5 Å². The van der Waals surface area contributed by atoms with Crippen molar-refractivity contribution in [3.05, 3.63) is 112 Å². The third kappa shape index (κ3) is 5.67. The van der Waals surface area contributed by atoms with Crippen LogP contribution in [-0.2, 0) is 19.5 Å². The Morgan fingerprint density at radius 1 is 0.703 bits per heavy atom. The molecule has 5 aromatic rings. The second-order valence-electron chi connectivity index (χ2n) is 9.40. The van der Waals surface area contributed by atoms with Gasteiger partial charge in [-0.2, -0.15) is 0 Å². The summed E-state index contributed by atoms with van der Waals surface area (Å²) in [4.78, 5) is 17.5. The van der Waals surface area contributed by atoms with Gasteiger partial charge in [0.2, 0.25) is 0 Å². The van der Waals surface area contributed by atoms with Gasteiger partial charge in [0.05, 0.1) is 0 Å². The largest absolute Gasteiger partial charge is 0.383 e. The lowest BCUT2D eigenvalue weighted by Gasteiger charge is -2.15. The molecule has 0 saturated carbocycles. The van der Waals surface area contributed by atoms with Gasteiger partial charge in [-0.1, -0.05) is 24.3 Å². The van der Waals surface area contributed by atoms with Crippen LogP contribution in [0.1, 0.15) is 39.1 Å². The highest BCUT2D eigenvalue weighted by atomic mass is 15.1. The molecule has 0 spiro atoms. The quantitative estimate of drug-likeness (QED) is 0.255. The van der Waals surface area contributed by atoms with E-state index in [1.807, 2.05) is 24.4 Å². The average Bonchev–Trinajstić information content (AvgIpc) is 2.89. The van der Waals surface area contributed by atoms with Gasteiger partial charge in [0.15, 0.2) is 0 Å². The smallest absolute Gasteiger partial charge is 0.131 e. The van der Waals surface area contributed by atoms with Crippen LogP contribution in [0.5, 0.6) is 0 Å². The predicted octanol–water partition coefficient (Wildman–Crippen LogP) is 5.74. The number of nitrogens with two attached hydrogens (primary N) is 1. The molecule has 7 nitrogen and oxygen atoms in total. The third-order valence-electron chi connectivity index (χ3n) is 6.68. The molecular formula is C30H31N7. The zero-order chi connectivity index (χ0) is 25.8. The van der Waals surface area contributed by atoms with E-state index in [0.29, 0.717) is 18.9 Å². The van der Waals surface area contributed by atoms with Crippen LogP contribution in [0, 0.1) is 20.8 Å². The lowest BCUT2D eigenvalue weighted by molar-refractivity contribution is 1.04. The Balaban J connectivity index is 1.21. The first-order valence-electron chi connectivity index (χ1n) is 12.4. The van der Waals surface area contributed by atoms with E-state index in [1.165, 1.54) is 33.4 Å². The lowest BCUT2D eigenvalue weighted by Crippen LogP contribution is -2.08. The minimum Gasteiger partial charge on any atom is -0.383 e. The number of nitrogen functional groups attached to an aromatic ring is 1. The minimum atomic E-state index is 0.563. The van der Waals surface area contributed by atoms with Crippen molar-refractivity contribution in [2.75, 3.05) is 16.4 Å². The second kappa shape index (κ2) is 10.6. The Kier molecular flexibility index (Phi) is 6.94. The summed E-state index contributed by atoms with van der Waals surface area (Å²) in [5.41, 5.74) is 14.4. The third-order valence-corrected chi connectivity index (χ3v) is 6.68. The van der Waals surface area contributed by atoms with Crippen LogP contribution in [0.3, 0.4) is 0 Å². The van der Waals surface area contributed by atoms with Crippen molar-refractivity contribution in [3.63, 3.8) is 0 Å². The van der Waals surface area contributed by atoms with Gasteiger partial charge in [0, 0.05) is 49.1 Å². The van der Waals surface area contributed by atoms with Crippen LogP contribution < -0.4 is 16.4 Å². The molecular weight excluding hydrogens is 458 g/mol. The molecule has 5 rings (SSSR count). The molecule has 0 saturated heterocycles. The molecule has 37 heavy (non-hydrogen) atoms. The Hall–Kier alpha value is -4.52. The summed E-state index contributed by atoms with van der Waals surface area (Å²) in [5.74, 6) is 2.11. The van der Waals surface area contributed by atoms with Crippen LogP contribution in [0.25, 0.3) is 10.8 Å². The van der Waals surface area contributed by atoms with Gasteiger partial charge in [-0.05, 0) is 83.8 Å². The molecule has 0 atom stereocenters. The Labute approximate surface area is 217 Å². The molecule has 0 radical (unpaired) electrons. The maximum Gasteiger partial charge on any atom is 0.131 e. The van der Waals surface area contributed by atoms with E-state index >= 15 is 0 Å². The Morgan fingerprint density at radius 2 is 1.41 bits per heavy atom. The number of hydrogen-bond donors (Lipinski definition) is 3. The van der Waals surface area contributed by atoms with E-state index in [-0.39, 0.29) is 0 Å². The van der Waals surface area contributed by atoms with Crippen molar-refractivity contribution < 1.29 is 0 Å². The first-order chi connectivity index (χ1) is 18.0. The van der Waals surface area contributed by atoms with Crippen LogP contribution in [0.4, 0.5) is 17.5 Å². The van der Waals surface area contributed by atoms with E-state index in [0.717, 1.165) is 34.5 Å². The van der Waals surface area contributed by atoms with Crippen molar-refractivity contribution in [2.45, 2.75) is 40.3 Å². The zero-order valence-electron chi connectivity index (χ0n) is 21.4. The van der Waals surface area contributed by atoms with E-state index in [2.05, 4.69) is 87.7 Å². The first kappa shape index (κ1) is 24.2. The lowest BCUT2D eigenvalue weighted by atomic mass is 9.96. The topological polar surface area (TPSA) is 102 Å². The molecule has 4 N–H and O–H groups in total. The van der Waals surface area contributed by atoms with Crippen molar-refractivity contribution in [2.24, 2.45) is 0 Å². The van der Waals surface area contributed by atoms with E-state index in [4.69, 9.17) is 5.73 Å². The van der Waals surface area contributed by atoms with E-state index in [9.17, 15) is 0 Å². The number of benzene rings is 2. The minimum absolute atomic E-state index is 0.563. The van der Waals surface area contributed by atoms with Crippen molar-refractivity contribution in [1.82, 2.24) is 19.9 Å². The number of aromatic nitrogens is 4. The fraction of sp³-hybridized carbons (Fsp3) is 0.200. The molecule has 0 aliphatic carbocycles. The van der Waals surface area contributed by atoms with Gasteiger partial charge >= 0.3 is 0 Å². The number of fused-ring (bicyclic) bond motifs is 1. The Morgan fingerprint density at radius 3 is 2.16 bits per heavy atom. The molecule has 7 heteroatoms. The maximum atomic E-state index is 6.09. The summed E-state index contributed by atoms with van der Waals surface area (Å²) >= 11 is 0. The first-order valence-corrected chi connectivity index (χ1v) is 12.4. The summed E-state index contributed by atoms with van der Waals surface area (Å²) < 4.78 is 0. The van der Waals surface area contributed by atoms with Crippen molar-refractivity contribution in [1.29, 1.82) is 0 Å². The van der Waals surface area contributed by atoms with Crippen LogP contribution in [0.2, 0.25) is 0 Å². The molecule has 3 aromatic heterocycles. The average molecular weight is 490 g/mol. The predicted molar refractivity (Wildman–Crippen MR) is 151 cm³/mol. The summed E-state index contributed by atoms with van der Waals surface area (Å²) in [6, 6.07) is 18.8. The van der Waals surface area contributed by atoms with Gasteiger partial charge in [0.1, 0.15) is 23.8 Å². The molecule has 2 aromatic carbocycles. The van der Waals surface area contributed by atoms with Crippen LogP contribution >= 0.6 is 0 Å². The van der Waals surface area contributed by atoms with Crippen LogP contribution in [0.15, 0.2) is 73.3 Å². The number of hydrogen-bond acceptors (Lipinski definition) is 7. The standard InChI is InChI=1S/C30H31N7/c1-19-8-10-32-24(12-19)14-22-4-6-23(7-5-22)16-34-28-15-29(37-18-36-28)35-17-27-20(2)13-26-25(21(27)3)9-11-33-30(26)31/h4-13,15,18H,14,16-17H2,1-3H3,(H2,31,33)(H2,34,35,36,37). The number of rotatable bonds is 8. The fourth-order valence-corrected chi connectivity index (χ4v) is 4.60. The second-order valence-corrected chi connectivity index (χ2v) is 9.40. The molecule has 0 amide bonds. The van der Waals surface area contributed by atoms with Crippen molar-refractivity contribution in [3.8, 4) is 0 Å². The highest BCUT2D eigenvalue weighted by Crippen LogP contribution is 2.28. The van der Waals surface area contributed by atoms with Crippen molar-refractivity contribution >= 4 is 28.2 Å². The van der Waals surface area contributed by atoms with Gasteiger partial charge < -0.3 is 16.4 Å². The SMILES string of the molecule is Cc1ccnc(Cc2ccc(CNc3cc(NCc4c(C)cc5c(N)nccc5c4C)ncn3)cc2)c1. The molecule has 0 fully saturated rings. The molecule has 186 valence electrons. The molecule has 0 aliphatic heterocycles. The fourth-order valence-electron chi connectivity index (χ4n) is 4.60. The molecule has 0 unspecified atom stereocenters. The van der Waals surface area contributed by atoms with Gasteiger partial charge in [-0.25, -0.2) is 15.0 Å². The maximum absolute atomic E-state index is 6.09. The van der Waals surface area contributed by atoms with E-state index < -0.39 is 0 Å². The van der Waals surface area contributed by atoms with Gasteiger partial charge in [0.25, 0.3) is 0 Å². The Bertz CT molecular complexity index is 1540. The van der Waals surface area contributed by atoms with Gasteiger partial charge in [-0.15, -0.1) is 0 Å². The zero-order valence-corrected chi connectivity index (χ0v) is 21.4. The summed E-state index contributed by atoms with van der Waals surface area (Å²) in [6.07, 6.45) is 6.03. The monoisotopic (exact) mass is 489 g/mol. The number of nitrogens with one attached hydrogen (secondary N) is 2. The number of pyridine rings is 2. The number of anilines is 3. The summed E-state index contributed by atoms with van der Waals surface area (Å²) in [7, 11) is 0.